The lowest BCUT2D eigenvalue weighted by atomic mass is 10.2. The molecule has 0 radical (unpaired) electrons. The molecule has 0 aromatic heterocycles. The first-order valence-corrected chi connectivity index (χ1v) is 7.09. The van der Waals surface area contributed by atoms with E-state index in [0.717, 1.165) is 23.5 Å². The Balaban J connectivity index is 3.39. The lowest BCUT2D eigenvalue weighted by Gasteiger charge is -2.17. The average molecular weight is 321 g/mol. The van der Waals surface area contributed by atoms with Crippen molar-refractivity contribution in [1.29, 1.82) is 5.26 Å². The molecule has 0 heterocycles. The minimum absolute atomic E-state index is 0.0797. The van der Waals surface area contributed by atoms with E-state index in [1.54, 1.807) is 6.07 Å². The molecule has 1 N–H and O–H groups in total. The van der Waals surface area contributed by atoms with Gasteiger partial charge in [-0.1, -0.05) is 11.6 Å². The number of carboxylic acids is 1. The van der Waals surface area contributed by atoms with Crippen LogP contribution in [-0.4, -0.2) is 37.4 Å². The minimum atomic E-state index is -4.26. The third-order valence-electron chi connectivity index (χ3n) is 2.46. The van der Waals surface area contributed by atoms with Gasteiger partial charge in [-0.2, -0.15) is 9.57 Å². The molecule has 9 heteroatoms. The van der Waals surface area contributed by atoms with Crippen LogP contribution in [0, 0.1) is 17.1 Å². The average Bonchev–Trinajstić information content (AvgIpc) is 2.37. The summed E-state index contributed by atoms with van der Waals surface area (Å²) < 4.78 is 39.0. The van der Waals surface area contributed by atoms with Gasteiger partial charge in [0.15, 0.2) is 5.82 Å². The number of rotatable bonds is 5. The summed E-state index contributed by atoms with van der Waals surface area (Å²) in [6.07, 6.45) is -0.0797. The number of carboxylic acid groups (broad SMARTS) is 1. The normalized spacial score (nSPS) is 11.3. The summed E-state index contributed by atoms with van der Waals surface area (Å²) in [6.45, 7) is -0.146. The van der Waals surface area contributed by atoms with Gasteiger partial charge in [-0.15, -0.1) is 0 Å². The zero-order chi connectivity index (χ0) is 15.5. The Kier molecular flexibility index (Phi) is 5.05. The van der Waals surface area contributed by atoms with Gasteiger partial charge in [-0.25, -0.2) is 17.6 Å². The number of hydrogen-bond acceptors (Lipinski definition) is 4. The van der Waals surface area contributed by atoms with Crippen LogP contribution in [0.3, 0.4) is 0 Å². The molecule has 0 fully saturated rings. The van der Waals surface area contributed by atoms with Gasteiger partial charge >= 0.3 is 5.97 Å². The van der Waals surface area contributed by atoms with E-state index in [2.05, 4.69) is 0 Å². The van der Waals surface area contributed by atoms with Crippen LogP contribution in [0.4, 0.5) is 4.39 Å². The largest absolute Gasteiger partial charge is 0.478 e. The summed E-state index contributed by atoms with van der Waals surface area (Å²) in [6, 6.07) is 3.42. The molecule has 1 rings (SSSR count). The number of nitrogens with zero attached hydrogens (tertiary/aromatic N) is 2. The van der Waals surface area contributed by atoms with E-state index in [9.17, 15) is 17.6 Å². The Morgan fingerprint density at radius 1 is 1.55 bits per heavy atom. The van der Waals surface area contributed by atoms with E-state index in [1.807, 2.05) is 0 Å². The lowest BCUT2D eigenvalue weighted by Crippen LogP contribution is -2.29. The van der Waals surface area contributed by atoms with Gasteiger partial charge in [0.2, 0.25) is 10.0 Å². The Bertz CT molecular complexity index is 684. The van der Waals surface area contributed by atoms with Gasteiger partial charge in [-0.05, 0) is 12.1 Å². The number of nitriles is 1. The highest BCUT2D eigenvalue weighted by molar-refractivity contribution is 7.89. The quantitative estimate of drug-likeness (QED) is 0.890. The van der Waals surface area contributed by atoms with Crippen molar-refractivity contribution in [2.75, 3.05) is 13.6 Å². The molecule has 6 nitrogen and oxygen atoms in total. The van der Waals surface area contributed by atoms with Crippen LogP contribution in [0.25, 0.3) is 0 Å². The number of aromatic carboxylic acids is 1. The maximum Gasteiger partial charge on any atom is 0.338 e. The Labute approximate surface area is 120 Å². The van der Waals surface area contributed by atoms with Crippen molar-refractivity contribution in [2.24, 2.45) is 0 Å². The molecule has 0 saturated heterocycles. The van der Waals surface area contributed by atoms with Crippen molar-refractivity contribution < 1.29 is 22.7 Å². The van der Waals surface area contributed by atoms with Gasteiger partial charge in [0.05, 0.1) is 11.6 Å². The molecule has 0 spiro atoms. The summed E-state index contributed by atoms with van der Waals surface area (Å²) in [7, 11) is -3.10. The monoisotopic (exact) mass is 320 g/mol. The summed E-state index contributed by atoms with van der Waals surface area (Å²) in [5, 5.41) is 17.0. The summed E-state index contributed by atoms with van der Waals surface area (Å²) >= 11 is 5.62. The standard InChI is InChI=1S/C11H10ClFN2O4S/c1-15(4-2-3-14)20(18,19)9-6-7(12)5-8(10(9)13)11(16)17/h5-6H,2,4H2,1H3,(H,16,17). The van der Waals surface area contributed by atoms with Crippen molar-refractivity contribution >= 4 is 27.6 Å². The summed E-state index contributed by atoms with van der Waals surface area (Å²) in [5.41, 5.74) is -0.829. The molecule has 108 valence electrons. The zero-order valence-corrected chi connectivity index (χ0v) is 11.9. The molecule has 0 amide bonds. The summed E-state index contributed by atoms with van der Waals surface area (Å²) in [5.74, 6) is -3.01. The fourth-order valence-corrected chi connectivity index (χ4v) is 2.97. The van der Waals surface area contributed by atoms with Gasteiger partial charge in [0, 0.05) is 25.0 Å². The first-order valence-electron chi connectivity index (χ1n) is 5.27. The van der Waals surface area contributed by atoms with Crippen LogP contribution in [0.2, 0.25) is 5.02 Å². The molecule has 0 atom stereocenters. The van der Waals surface area contributed by atoms with Crippen LogP contribution in [0.1, 0.15) is 16.8 Å². The predicted molar refractivity (Wildman–Crippen MR) is 68.4 cm³/mol. The van der Waals surface area contributed by atoms with Gasteiger partial charge in [-0.3, -0.25) is 0 Å². The molecular weight excluding hydrogens is 311 g/mol. The number of halogens is 2. The molecular formula is C11H10ClFN2O4S. The van der Waals surface area contributed by atoms with E-state index in [1.165, 1.54) is 0 Å². The molecule has 0 aliphatic heterocycles. The fraction of sp³-hybridized carbons (Fsp3) is 0.273. The third kappa shape index (κ3) is 3.25. The second-order valence-corrected chi connectivity index (χ2v) is 6.26. The maximum atomic E-state index is 14.0. The van der Waals surface area contributed by atoms with Crippen molar-refractivity contribution in [1.82, 2.24) is 4.31 Å². The highest BCUT2D eigenvalue weighted by Crippen LogP contribution is 2.26. The topological polar surface area (TPSA) is 98.5 Å². The van der Waals surface area contributed by atoms with Crippen LogP contribution in [0.5, 0.6) is 0 Å². The molecule has 0 bridgehead atoms. The summed E-state index contributed by atoms with van der Waals surface area (Å²) in [4.78, 5) is 10.0. The third-order valence-corrected chi connectivity index (χ3v) is 4.54. The lowest BCUT2D eigenvalue weighted by molar-refractivity contribution is 0.0691. The van der Waals surface area contributed by atoms with E-state index in [0.29, 0.717) is 0 Å². The van der Waals surface area contributed by atoms with Gasteiger partial charge in [0.1, 0.15) is 4.90 Å². The molecule has 1 aromatic carbocycles. The molecule has 1 aromatic rings. The van der Waals surface area contributed by atoms with Crippen LogP contribution in [0.15, 0.2) is 17.0 Å². The fourth-order valence-electron chi connectivity index (χ4n) is 1.40. The first-order chi connectivity index (χ1) is 9.21. The Morgan fingerprint density at radius 3 is 2.65 bits per heavy atom. The van der Waals surface area contributed by atoms with E-state index in [-0.39, 0.29) is 18.0 Å². The number of hydrogen-bond donors (Lipinski definition) is 1. The Morgan fingerprint density at radius 2 is 2.15 bits per heavy atom. The smallest absolute Gasteiger partial charge is 0.338 e. The van der Waals surface area contributed by atoms with E-state index in [4.69, 9.17) is 22.0 Å². The highest BCUT2D eigenvalue weighted by atomic mass is 35.5. The first kappa shape index (κ1) is 16.4. The number of benzene rings is 1. The molecule has 0 unspecified atom stereocenters. The van der Waals surface area contributed by atoms with Gasteiger partial charge in [0.25, 0.3) is 0 Å². The minimum Gasteiger partial charge on any atom is -0.478 e. The maximum absolute atomic E-state index is 14.0. The SMILES string of the molecule is CN(CCC#N)S(=O)(=O)c1cc(Cl)cc(C(=O)O)c1F. The van der Waals surface area contributed by atoms with Crippen molar-refractivity contribution in [3.05, 3.63) is 28.5 Å². The van der Waals surface area contributed by atoms with Crippen LogP contribution in [-0.2, 0) is 10.0 Å². The van der Waals surface area contributed by atoms with E-state index < -0.39 is 32.3 Å². The van der Waals surface area contributed by atoms with E-state index >= 15 is 0 Å². The van der Waals surface area contributed by atoms with Crippen molar-refractivity contribution in [3.8, 4) is 6.07 Å². The second kappa shape index (κ2) is 6.17. The molecule has 0 saturated carbocycles. The van der Waals surface area contributed by atoms with Crippen LogP contribution >= 0.6 is 11.6 Å². The zero-order valence-electron chi connectivity index (χ0n) is 10.3. The van der Waals surface area contributed by atoms with Crippen molar-refractivity contribution in [2.45, 2.75) is 11.3 Å². The molecule has 20 heavy (non-hydrogen) atoms. The number of carbonyl (C=O) groups is 1. The van der Waals surface area contributed by atoms with Crippen LogP contribution < -0.4 is 0 Å². The highest BCUT2D eigenvalue weighted by Gasteiger charge is 2.28. The second-order valence-electron chi connectivity index (χ2n) is 3.81. The number of sulfonamides is 1. The van der Waals surface area contributed by atoms with Gasteiger partial charge < -0.3 is 5.11 Å². The molecule has 0 aliphatic rings. The van der Waals surface area contributed by atoms with Crippen molar-refractivity contribution in [3.63, 3.8) is 0 Å². The Hall–Kier alpha value is -1.69. The molecule has 0 aliphatic carbocycles. The predicted octanol–water partition coefficient (Wildman–Crippen LogP) is 1.71.